The van der Waals surface area contributed by atoms with E-state index in [-0.39, 0.29) is 26.1 Å². The molecule has 1 N–H and O–H groups in total. The van der Waals surface area contributed by atoms with Gasteiger partial charge in [-0.1, -0.05) is 30.3 Å². The van der Waals surface area contributed by atoms with Crippen molar-refractivity contribution in [2.75, 3.05) is 6.54 Å². The van der Waals surface area contributed by atoms with Gasteiger partial charge >= 0.3 is 6.18 Å². The van der Waals surface area contributed by atoms with E-state index in [1.807, 2.05) is 0 Å². The lowest BCUT2D eigenvalue weighted by molar-refractivity contribution is -0.183. The molecule has 0 radical (unpaired) electrons. The number of rotatable bonds is 8. The van der Waals surface area contributed by atoms with Gasteiger partial charge in [0.1, 0.15) is 11.9 Å². The molecule has 4 atom stereocenters. The number of hydrogen-bond acceptors (Lipinski definition) is 5. The molecule has 1 aliphatic heterocycles. The van der Waals surface area contributed by atoms with Crippen molar-refractivity contribution >= 4 is 5.91 Å². The van der Waals surface area contributed by atoms with Crippen LogP contribution in [0, 0.1) is 5.82 Å². The topological polar surface area (TPSA) is 66.0 Å². The number of nitrogens with one attached hydrogen (secondary N) is 1. The van der Waals surface area contributed by atoms with Gasteiger partial charge in [-0.3, -0.25) is 4.79 Å². The normalized spacial score (nSPS) is 27.1. The highest BCUT2D eigenvalue weighted by atomic mass is 19.4. The van der Waals surface area contributed by atoms with Gasteiger partial charge in [-0.2, -0.15) is 13.2 Å². The van der Waals surface area contributed by atoms with E-state index in [0.29, 0.717) is 17.7 Å². The van der Waals surface area contributed by atoms with Crippen LogP contribution in [0.3, 0.4) is 0 Å². The molecule has 0 bridgehead atoms. The van der Waals surface area contributed by atoms with Gasteiger partial charge in [0.15, 0.2) is 11.4 Å². The summed E-state index contributed by atoms with van der Waals surface area (Å²) < 4.78 is 78.2. The van der Waals surface area contributed by atoms with E-state index in [2.05, 4.69) is 5.32 Å². The molecule has 1 unspecified atom stereocenters. The Balaban J connectivity index is 1.60. The van der Waals surface area contributed by atoms with E-state index >= 15 is 0 Å². The monoisotopic (exact) mass is 525 g/mol. The average Bonchev–Trinajstić information content (AvgIpc) is 3.15. The summed E-state index contributed by atoms with van der Waals surface area (Å²) in [6.07, 6.45) is -6.18. The van der Waals surface area contributed by atoms with E-state index in [4.69, 9.17) is 18.9 Å². The summed E-state index contributed by atoms with van der Waals surface area (Å²) in [6.45, 7) is 5.29. The van der Waals surface area contributed by atoms with Crippen molar-refractivity contribution < 1.29 is 41.3 Å². The Bertz CT molecular complexity index is 1110. The molecule has 2 fully saturated rings. The van der Waals surface area contributed by atoms with Crippen molar-refractivity contribution in [1.82, 2.24) is 5.32 Å². The van der Waals surface area contributed by atoms with Crippen molar-refractivity contribution in [2.24, 2.45) is 0 Å². The molecule has 37 heavy (non-hydrogen) atoms. The number of fused-ring (bicyclic) bond motifs is 1. The number of carbonyl (C=O) groups is 1. The van der Waals surface area contributed by atoms with Gasteiger partial charge in [-0.25, -0.2) is 4.39 Å². The molecule has 2 aromatic carbocycles. The van der Waals surface area contributed by atoms with E-state index in [0.717, 1.165) is 12.1 Å². The van der Waals surface area contributed by atoms with Crippen molar-refractivity contribution in [3.05, 3.63) is 71.0 Å². The Labute approximate surface area is 213 Å². The fourth-order valence-corrected chi connectivity index (χ4v) is 4.90. The third kappa shape index (κ3) is 6.31. The minimum Gasteiger partial charge on any atom is -0.371 e. The number of carbonyl (C=O) groups excluding carboxylic acids is 1. The second-order valence-corrected chi connectivity index (χ2v) is 9.83. The lowest BCUT2D eigenvalue weighted by atomic mass is 9.78. The van der Waals surface area contributed by atoms with Crippen LogP contribution in [0.15, 0.2) is 48.5 Å². The molecule has 0 aromatic heterocycles. The van der Waals surface area contributed by atoms with Gasteiger partial charge in [0, 0.05) is 24.9 Å². The zero-order valence-electron chi connectivity index (χ0n) is 20.9. The summed E-state index contributed by atoms with van der Waals surface area (Å²) in [7, 11) is 0. The predicted molar refractivity (Wildman–Crippen MR) is 126 cm³/mol. The van der Waals surface area contributed by atoms with Gasteiger partial charge in [-0.15, -0.1) is 0 Å². The summed E-state index contributed by atoms with van der Waals surface area (Å²) in [5.74, 6) is -1.82. The molecule has 1 amide bonds. The molecular weight excluding hydrogens is 494 g/mol. The Hall–Kier alpha value is -2.53. The van der Waals surface area contributed by atoms with E-state index in [9.17, 15) is 22.4 Å². The third-order valence-corrected chi connectivity index (χ3v) is 6.58. The molecule has 4 rings (SSSR count). The maximum Gasteiger partial charge on any atom is 0.416 e. The lowest BCUT2D eigenvalue weighted by Gasteiger charge is -2.43. The van der Waals surface area contributed by atoms with Crippen molar-refractivity contribution in [1.29, 1.82) is 0 Å². The molecular formula is C27H31F4NO5. The summed E-state index contributed by atoms with van der Waals surface area (Å²) in [5, 5.41) is 2.79. The highest BCUT2D eigenvalue weighted by Crippen LogP contribution is 2.44. The van der Waals surface area contributed by atoms with Gasteiger partial charge in [0.05, 0.1) is 31.0 Å². The standard InChI is InChI=1S/C27H31F4NO5/c1-4-32-24(33)26(35-16-18-9-5-6-11-20(18)28)13-21(23-22(14-26)36-25(2,3)37-23)34-15-17-8-7-10-19(12-17)27(29,30)31/h5-12,21-23H,4,13-16H2,1-3H3,(H,32,33)/t21?,22-,23+,26-/m1/s1. The molecule has 0 spiro atoms. The molecule has 1 heterocycles. The van der Waals surface area contributed by atoms with Gasteiger partial charge in [0.2, 0.25) is 0 Å². The van der Waals surface area contributed by atoms with Crippen molar-refractivity contribution in [3.63, 3.8) is 0 Å². The molecule has 1 saturated carbocycles. The lowest BCUT2D eigenvalue weighted by Crippen LogP contribution is -2.60. The number of hydrogen-bond donors (Lipinski definition) is 1. The minimum atomic E-state index is -4.48. The molecule has 1 saturated heterocycles. The van der Waals surface area contributed by atoms with E-state index in [1.165, 1.54) is 18.2 Å². The Morgan fingerprint density at radius 2 is 1.84 bits per heavy atom. The predicted octanol–water partition coefficient (Wildman–Crippen LogP) is 5.14. The fraction of sp³-hybridized carbons (Fsp3) is 0.519. The molecule has 1 aliphatic carbocycles. The van der Waals surface area contributed by atoms with Gasteiger partial charge < -0.3 is 24.3 Å². The second kappa shape index (κ2) is 10.7. The van der Waals surface area contributed by atoms with Gasteiger partial charge in [-0.05, 0) is 44.5 Å². The number of ether oxygens (including phenoxy) is 4. The molecule has 202 valence electrons. The smallest absolute Gasteiger partial charge is 0.371 e. The minimum absolute atomic E-state index is 0.0485. The number of likely N-dealkylation sites (N-methyl/N-ethyl adjacent to an activating group) is 1. The molecule has 2 aliphatic rings. The number of halogens is 4. The Morgan fingerprint density at radius 1 is 1.08 bits per heavy atom. The molecule has 10 heteroatoms. The summed E-state index contributed by atoms with van der Waals surface area (Å²) in [6, 6.07) is 11.0. The van der Waals surface area contributed by atoms with Crippen LogP contribution >= 0.6 is 0 Å². The summed E-state index contributed by atoms with van der Waals surface area (Å²) >= 11 is 0. The van der Waals surface area contributed by atoms with Crippen LogP contribution in [0.4, 0.5) is 17.6 Å². The first-order valence-electron chi connectivity index (χ1n) is 12.2. The fourth-order valence-electron chi connectivity index (χ4n) is 4.90. The largest absolute Gasteiger partial charge is 0.416 e. The van der Waals surface area contributed by atoms with Crippen LogP contribution in [-0.2, 0) is 43.1 Å². The third-order valence-electron chi connectivity index (χ3n) is 6.58. The second-order valence-electron chi connectivity index (χ2n) is 9.83. The highest BCUT2D eigenvalue weighted by molar-refractivity contribution is 5.85. The van der Waals surface area contributed by atoms with Crippen LogP contribution in [0.1, 0.15) is 50.3 Å². The maximum absolute atomic E-state index is 14.3. The first-order chi connectivity index (χ1) is 17.4. The zero-order chi connectivity index (χ0) is 26.8. The van der Waals surface area contributed by atoms with Crippen LogP contribution in [0.5, 0.6) is 0 Å². The maximum atomic E-state index is 14.3. The quantitative estimate of drug-likeness (QED) is 0.484. The number of benzene rings is 2. The SMILES string of the molecule is CCNC(=O)[C@@]1(OCc2ccccc2F)CC(OCc2cccc(C(F)(F)F)c2)[C@@H]2OC(C)(C)O[C@@H]2C1. The van der Waals surface area contributed by atoms with Crippen molar-refractivity contribution in [2.45, 2.75) is 82.7 Å². The first-order valence-corrected chi connectivity index (χ1v) is 12.2. The molecule has 2 aromatic rings. The van der Waals surface area contributed by atoms with Crippen LogP contribution in [-0.4, -0.2) is 42.2 Å². The Morgan fingerprint density at radius 3 is 2.54 bits per heavy atom. The zero-order valence-corrected chi connectivity index (χ0v) is 20.9. The van der Waals surface area contributed by atoms with E-state index < -0.39 is 53.2 Å². The highest BCUT2D eigenvalue weighted by Gasteiger charge is 2.58. The van der Waals surface area contributed by atoms with Crippen LogP contribution < -0.4 is 5.32 Å². The van der Waals surface area contributed by atoms with Crippen LogP contribution in [0.2, 0.25) is 0 Å². The first kappa shape index (κ1) is 27.5. The van der Waals surface area contributed by atoms with Crippen LogP contribution in [0.25, 0.3) is 0 Å². The molecule has 6 nitrogen and oxygen atoms in total. The average molecular weight is 526 g/mol. The summed E-state index contributed by atoms with van der Waals surface area (Å²) in [5.41, 5.74) is -1.59. The van der Waals surface area contributed by atoms with Crippen molar-refractivity contribution in [3.8, 4) is 0 Å². The Kier molecular flexibility index (Phi) is 7.94. The number of alkyl halides is 3. The van der Waals surface area contributed by atoms with E-state index in [1.54, 1.807) is 39.0 Å². The van der Waals surface area contributed by atoms with Gasteiger partial charge in [0.25, 0.3) is 5.91 Å². The summed E-state index contributed by atoms with van der Waals surface area (Å²) in [4.78, 5) is 13.3. The number of amides is 1.